The number of carbonyl (C=O) groups excluding carboxylic acids is 2. The van der Waals surface area contributed by atoms with Crippen molar-refractivity contribution in [2.24, 2.45) is 0 Å². The van der Waals surface area contributed by atoms with Gasteiger partial charge in [-0.2, -0.15) is 18.3 Å². The lowest BCUT2D eigenvalue weighted by Crippen LogP contribution is -2.31. The molecule has 0 saturated heterocycles. The molecule has 15 heteroatoms. The summed E-state index contributed by atoms with van der Waals surface area (Å²) in [6.45, 7) is 3.20. The predicted molar refractivity (Wildman–Crippen MR) is 141 cm³/mol. The highest BCUT2D eigenvalue weighted by atomic mass is 35.5. The van der Waals surface area contributed by atoms with Gasteiger partial charge in [0, 0.05) is 23.8 Å². The number of carbonyl (C=O) groups is 2. The van der Waals surface area contributed by atoms with Crippen molar-refractivity contribution in [1.29, 1.82) is 0 Å². The molecule has 210 valence electrons. The van der Waals surface area contributed by atoms with Crippen LogP contribution < -0.4 is 10.6 Å². The number of amides is 2. The molecule has 0 atom stereocenters. The molecule has 0 radical (unpaired) electrons. The van der Waals surface area contributed by atoms with E-state index in [0.29, 0.717) is 29.2 Å². The number of nitrogens with one attached hydrogen (secondary N) is 2. The number of hydrogen-bond donors (Lipinski definition) is 2. The van der Waals surface area contributed by atoms with Gasteiger partial charge in [0.2, 0.25) is 0 Å². The molecule has 39 heavy (non-hydrogen) atoms. The Labute approximate surface area is 232 Å². The van der Waals surface area contributed by atoms with Gasteiger partial charge in [0.05, 0.1) is 27.8 Å². The van der Waals surface area contributed by atoms with Gasteiger partial charge in [-0.15, -0.1) is 0 Å². The Morgan fingerprint density at radius 2 is 1.82 bits per heavy atom. The number of benzene rings is 1. The van der Waals surface area contributed by atoms with Crippen molar-refractivity contribution < 1.29 is 31.2 Å². The van der Waals surface area contributed by atoms with Gasteiger partial charge in [-0.05, 0) is 43.2 Å². The minimum atomic E-state index is -4.87. The van der Waals surface area contributed by atoms with Crippen molar-refractivity contribution in [3.63, 3.8) is 0 Å². The van der Waals surface area contributed by atoms with Crippen molar-refractivity contribution in [2.75, 3.05) is 23.4 Å². The van der Waals surface area contributed by atoms with Gasteiger partial charge < -0.3 is 10.6 Å². The summed E-state index contributed by atoms with van der Waals surface area (Å²) in [5.74, 6) is -2.29. The first-order valence-electron chi connectivity index (χ1n) is 11.6. The number of halogens is 5. The molecule has 1 aromatic carbocycles. The number of aromatic nitrogens is 3. The lowest BCUT2D eigenvalue weighted by Gasteiger charge is -2.15. The van der Waals surface area contributed by atoms with Crippen LogP contribution in [-0.2, 0) is 16.0 Å². The number of hydrogen-bond acceptors (Lipinski definition) is 6. The normalized spacial score (nSPS) is 11.9. The van der Waals surface area contributed by atoms with Gasteiger partial charge in [-0.25, -0.2) is 18.1 Å². The lowest BCUT2D eigenvalue weighted by atomic mass is 10.1. The third-order valence-electron chi connectivity index (χ3n) is 5.46. The largest absolute Gasteiger partial charge is 0.435 e. The Balaban J connectivity index is 1.93. The van der Waals surface area contributed by atoms with Crippen LogP contribution in [0.5, 0.6) is 0 Å². The fraction of sp³-hybridized carbons (Fsp3) is 0.333. The van der Waals surface area contributed by atoms with Crippen LogP contribution in [0.2, 0.25) is 10.0 Å². The van der Waals surface area contributed by atoms with Crippen LogP contribution >= 0.6 is 23.2 Å². The molecule has 0 fully saturated rings. The number of sulfone groups is 1. The first kappa shape index (κ1) is 30.4. The fourth-order valence-electron chi connectivity index (χ4n) is 3.52. The SMILES string of the molecule is CCCCS(=O)(=O)CCNC(=O)c1cc(Cl)cc(C)c1NC(=O)c1cc(C(F)(F)F)nn1-c1ncccc1Cl. The molecule has 2 N–H and O–H groups in total. The van der Waals surface area contributed by atoms with Crippen LogP contribution in [-0.4, -0.2) is 53.0 Å². The first-order valence-corrected chi connectivity index (χ1v) is 14.2. The van der Waals surface area contributed by atoms with Crippen molar-refractivity contribution in [1.82, 2.24) is 20.1 Å². The monoisotopic (exact) mass is 605 g/mol. The van der Waals surface area contributed by atoms with E-state index >= 15 is 0 Å². The molecule has 0 bridgehead atoms. The summed E-state index contributed by atoms with van der Waals surface area (Å²) in [6, 6.07) is 6.05. The minimum Gasteiger partial charge on any atom is -0.351 e. The standard InChI is InChI=1S/C24H24Cl2F3N5O4S/c1-3-4-9-39(37,38)10-8-31-22(35)16-12-15(25)11-14(2)20(16)32-23(36)18-13-19(24(27,28)29)33-34(18)21-17(26)6-5-7-30-21/h5-7,11-13H,3-4,8-10H2,1-2H3,(H,31,35)(H,32,36). The summed E-state index contributed by atoms with van der Waals surface area (Å²) < 4.78 is 65.3. The van der Waals surface area contributed by atoms with E-state index in [9.17, 15) is 31.2 Å². The summed E-state index contributed by atoms with van der Waals surface area (Å²) >= 11 is 12.2. The maximum absolute atomic E-state index is 13.5. The van der Waals surface area contributed by atoms with E-state index < -0.39 is 39.2 Å². The van der Waals surface area contributed by atoms with Crippen molar-refractivity contribution >= 4 is 50.5 Å². The summed E-state index contributed by atoms with van der Waals surface area (Å²) in [5.41, 5.74) is -1.73. The Hall–Kier alpha value is -3.16. The number of pyridine rings is 1. The number of alkyl halides is 3. The Bertz CT molecular complexity index is 1490. The predicted octanol–water partition coefficient (Wildman–Crippen LogP) is 5.10. The molecule has 0 unspecified atom stereocenters. The highest BCUT2D eigenvalue weighted by molar-refractivity contribution is 7.91. The van der Waals surface area contributed by atoms with Gasteiger partial charge in [-0.3, -0.25) is 9.59 Å². The number of nitrogens with zero attached hydrogens (tertiary/aromatic N) is 3. The van der Waals surface area contributed by atoms with E-state index in [1.54, 1.807) is 0 Å². The summed E-state index contributed by atoms with van der Waals surface area (Å²) in [7, 11) is -3.38. The highest BCUT2D eigenvalue weighted by Gasteiger charge is 2.37. The lowest BCUT2D eigenvalue weighted by molar-refractivity contribution is -0.141. The summed E-state index contributed by atoms with van der Waals surface area (Å²) in [6.07, 6.45) is -2.41. The zero-order chi connectivity index (χ0) is 29.0. The Morgan fingerprint density at radius 1 is 1.10 bits per heavy atom. The molecule has 0 spiro atoms. The Morgan fingerprint density at radius 3 is 2.46 bits per heavy atom. The molecule has 0 aliphatic rings. The number of anilines is 1. The first-order chi connectivity index (χ1) is 18.2. The third-order valence-corrected chi connectivity index (χ3v) is 7.71. The van der Waals surface area contributed by atoms with Gasteiger partial charge in [0.15, 0.2) is 21.3 Å². The topological polar surface area (TPSA) is 123 Å². The van der Waals surface area contributed by atoms with E-state index in [2.05, 4.69) is 20.7 Å². The molecule has 0 saturated carbocycles. The molecule has 2 amide bonds. The van der Waals surface area contributed by atoms with E-state index in [4.69, 9.17) is 23.2 Å². The minimum absolute atomic E-state index is 0.00909. The van der Waals surface area contributed by atoms with Crippen LogP contribution in [0.4, 0.5) is 18.9 Å². The average molecular weight is 606 g/mol. The second-order valence-electron chi connectivity index (χ2n) is 8.49. The van der Waals surface area contributed by atoms with E-state index in [-0.39, 0.29) is 45.2 Å². The van der Waals surface area contributed by atoms with Crippen molar-refractivity contribution in [3.05, 3.63) is 69.1 Å². The smallest absolute Gasteiger partial charge is 0.351 e. The van der Waals surface area contributed by atoms with Crippen LogP contribution in [0.1, 0.15) is 51.9 Å². The van der Waals surface area contributed by atoms with Gasteiger partial charge in [-0.1, -0.05) is 36.5 Å². The molecule has 0 aliphatic heterocycles. The molecule has 2 heterocycles. The molecule has 9 nitrogen and oxygen atoms in total. The Kier molecular flexibility index (Phi) is 9.62. The number of unbranched alkanes of at least 4 members (excludes halogenated alkanes) is 1. The zero-order valence-corrected chi connectivity index (χ0v) is 23.1. The highest BCUT2D eigenvalue weighted by Crippen LogP contribution is 2.31. The van der Waals surface area contributed by atoms with E-state index in [0.717, 1.165) is 0 Å². The maximum atomic E-state index is 13.5. The van der Waals surface area contributed by atoms with Crippen LogP contribution in [0, 0.1) is 6.92 Å². The van der Waals surface area contributed by atoms with Gasteiger partial charge in [0.1, 0.15) is 5.69 Å². The van der Waals surface area contributed by atoms with Crippen LogP contribution in [0.3, 0.4) is 0 Å². The number of aryl methyl sites for hydroxylation is 1. The zero-order valence-electron chi connectivity index (χ0n) is 20.8. The van der Waals surface area contributed by atoms with E-state index in [1.165, 1.54) is 37.4 Å². The number of rotatable bonds is 10. The third kappa shape index (κ3) is 7.70. The van der Waals surface area contributed by atoms with E-state index in [1.807, 2.05) is 6.92 Å². The quantitative estimate of drug-likeness (QED) is 0.331. The molecule has 3 aromatic rings. The molecular formula is C24H24Cl2F3N5O4S. The van der Waals surface area contributed by atoms with Crippen LogP contribution in [0.15, 0.2) is 36.5 Å². The molecule has 0 aliphatic carbocycles. The van der Waals surface area contributed by atoms with Gasteiger partial charge >= 0.3 is 6.18 Å². The van der Waals surface area contributed by atoms with Gasteiger partial charge in [0.25, 0.3) is 11.8 Å². The maximum Gasteiger partial charge on any atom is 0.435 e. The second-order valence-corrected chi connectivity index (χ2v) is 11.6. The summed E-state index contributed by atoms with van der Waals surface area (Å²) in [5, 5.41) is 8.52. The van der Waals surface area contributed by atoms with Crippen LogP contribution in [0.25, 0.3) is 5.82 Å². The average Bonchev–Trinajstić information content (AvgIpc) is 3.30. The fourth-order valence-corrected chi connectivity index (χ4v) is 5.34. The summed E-state index contributed by atoms with van der Waals surface area (Å²) in [4.78, 5) is 30.1. The molecular weight excluding hydrogens is 582 g/mol. The second kappa shape index (κ2) is 12.3. The molecule has 2 aromatic heterocycles. The van der Waals surface area contributed by atoms with Crippen molar-refractivity contribution in [3.8, 4) is 5.82 Å². The van der Waals surface area contributed by atoms with Crippen molar-refractivity contribution in [2.45, 2.75) is 32.9 Å². The molecule has 3 rings (SSSR count).